The van der Waals surface area contributed by atoms with Gasteiger partial charge in [0.25, 0.3) is 0 Å². The summed E-state index contributed by atoms with van der Waals surface area (Å²) in [5, 5.41) is 0.823. The van der Waals surface area contributed by atoms with Crippen LogP contribution in [0.2, 0.25) is 5.02 Å². The van der Waals surface area contributed by atoms with E-state index in [1.54, 1.807) is 0 Å². The Bertz CT molecular complexity index is 446. The maximum atomic E-state index is 6.09. The van der Waals surface area contributed by atoms with E-state index in [1.165, 1.54) is 49.8 Å². The zero-order chi connectivity index (χ0) is 13.3. The number of rotatable bonds is 3. The van der Waals surface area contributed by atoms with Crippen molar-refractivity contribution < 1.29 is 0 Å². The van der Waals surface area contributed by atoms with Crippen LogP contribution in [-0.2, 0) is 0 Å². The van der Waals surface area contributed by atoms with E-state index in [9.17, 15) is 0 Å². The lowest BCUT2D eigenvalue weighted by molar-refractivity contribution is 0.0402. The molecule has 0 amide bonds. The Kier molecular flexibility index (Phi) is 3.85. The molecule has 1 aromatic carbocycles. The van der Waals surface area contributed by atoms with E-state index in [0.29, 0.717) is 5.41 Å². The minimum absolute atomic E-state index is 0.266. The second kappa shape index (κ2) is 5.31. The molecule has 0 aromatic heterocycles. The second-order valence-corrected chi connectivity index (χ2v) is 8.34. The van der Waals surface area contributed by atoms with Crippen molar-refractivity contribution in [3.05, 3.63) is 29.3 Å². The van der Waals surface area contributed by atoms with Crippen LogP contribution in [-0.4, -0.2) is 11.3 Å². The fourth-order valence-electron chi connectivity index (χ4n) is 4.01. The van der Waals surface area contributed by atoms with Gasteiger partial charge in [0, 0.05) is 21.2 Å². The molecule has 1 nitrogen and oxygen atoms in total. The highest BCUT2D eigenvalue weighted by molar-refractivity contribution is 8.00. The lowest BCUT2D eigenvalue weighted by atomic mass is 9.55. The highest BCUT2D eigenvalue weighted by atomic mass is 35.5. The molecule has 2 aliphatic rings. The van der Waals surface area contributed by atoms with Gasteiger partial charge >= 0.3 is 0 Å². The molecule has 19 heavy (non-hydrogen) atoms. The van der Waals surface area contributed by atoms with Crippen molar-refractivity contribution >= 4 is 23.4 Å². The Labute approximate surface area is 125 Å². The van der Waals surface area contributed by atoms with Gasteiger partial charge in [-0.2, -0.15) is 0 Å². The third-order valence-electron chi connectivity index (χ3n) is 4.81. The summed E-state index contributed by atoms with van der Waals surface area (Å²) in [7, 11) is 0. The van der Waals surface area contributed by atoms with E-state index in [1.807, 2.05) is 23.9 Å². The molecule has 0 unspecified atom stereocenters. The van der Waals surface area contributed by atoms with Gasteiger partial charge in [-0.25, -0.2) is 0 Å². The molecule has 2 saturated carbocycles. The predicted octanol–water partition coefficient (Wildman–Crippen LogP) is 4.87. The maximum Gasteiger partial charge on any atom is 0.0417 e. The number of hydrogen-bond donors (Lipinski definition) is 1. The van der Waals surface area contributed by atoms with Crippen LogP contribution in [0.4, 0.5) is 0 Å². The summed E-state index contributed by atoms with van der Waals surface area (Å²) in [5.41, 5.74) is 6.72. The Morgan fingerprint density at radius 3 is 2.53 bits per heavy atom. The van der Waals surface area contributed by atoms with E-state index in [-0.39, 0.29) is 4.75 Å². The number of benzene rings is 1. The smallest absolute Gasteiger partial charge is 0.0417 e. The van der Waals surface area contributed by atoms with Gasteiger partial charge in [0.05, 0.1) is 0 Å². The monoisotopic (exact) mass is 295 g/mol. The summed E-state index contributed by atoms with van der Waals surface area (Å²) in [4.78, 5) is 1.27. The first kappa shape index (κ1) is 13.8. The predicted molar refractivity (Wildman–Crippen MR) is 83.8 cm³/mol. The topological polar surface area (TPSA) is 26.0 Å². The molecule has 3 rings (SSSR count). The molecular weight excluding hydrogens is 274 g/mol. The molecule has 2 N–H and O–H groups in total. The highest BCUT2D eigenvalue weighted by Gasteiger charge is 2.54. The van der Waals surface area contributed by atoms with Crippen LogP contribution < -0.4 is 5.73 Å². The van der Waals surface area contributed by atoms with E-state index >= 15 is 0 Å². The maximum absolute atomic E-state index is 6.09. The van der Waals surface area contributed by atoms with E-state index in [0.717, 1.165) is 11.6 Å². The van der Waals surface area contributed by atoms with Gasteiger partial charge in [0.1, 0.15) is 0 Å². The van der Waals surface area contributed by atoms with Crippen molar-refractivity contribution in [1.29, 1.82) is 0 Å². The zero-order valence-electron chi connectivity index (χ0n) is 11.3. The van der Waals surface area contributed by atoms with E-state index in [4.69, 9.17) is 17.3 Å². The molecule has 0 saturated heterocycles. The minimum Gasteiger partial charge on any atom is -0.329 e. The lowest BCUT2D eigenvalue weighted by Gasteiger charge is -2.57. The molecule has 0 radical (unpaired) electrons. The number of hydrogen-bond acceptors (Lipinski definition) is 2. The standard InChI is InChI=1S/C16H22ClNS/c17-13-5-4-6-14(9-13)19-16(12-18)10-15(11-16)7-2-1-3-8-15/h4-6,9H,1-3,7-8,10-12,18H2. The molecule has 3 heteroatoms. The number of halogens is 1. The van der Waals surface area contributed by atoms with Crippen LogP contribution in [0.1, 0.15) is 44.9 Å². The number of nitrogens with two attached hydrogens (primary N) is 1. The summed E-state index contributed by atoms with van der Waals surface area (Å²) in [6.45, 7) is 0.784. The van der Waals surface area contributed by atoms with Gasteiger partial charge in [0.2, 0.25) is 0 Å². The van der Waals surface area contributed by atoms with Crippen LogP contribution >= 0.6 is 23.4 Å². The van der Waals surface area contributed by atoms with Gasteiger partial charge in [0.15, 0.2) is 0 Å². The molecule has 0 atom stereocenters. The molecule has 104 valence electrons. The van der Waals surface area contributed by atoms with Gasteiger partial charge in [-0.1, -0.05) is 36.9 Å². The van der Waals surface area contributed by atoms with E-state index in [2.05, 4.69) is 12.1 Å². The van der Waals surface area contributed by atoms with Crippen molar-refractivity contribution in [2.24, 2.45) is 11.1 Å². The van der Waals surface area contributed by atoms with Crippen LogP contribution in [0, 0.1) is 5.41 Å². The largest absolute Gasteiger partial charge is 0.329 e. The third-order valence-corrected chi connectivity index (χ3v) is 6.42. The normalized spacial score (nSPS) is 24.1. The molecule has 2 aliphatic carbocycles. The van der Waals surface area contributed by atoms with Crippen molar-refractivity contribution in [1.82, 2.24) is 0 Å². The Morgan fingerprint density at radius 1 is 1.16 bits per heavy atom. The van der Waals surface area contributed by atoms with Gasteiger partial charge < -0.3 is 5.73 Å². The van der Waals surface area contributed by atoms with Crippen molar-refractivity contribution in [2.45, 2.75) is 54.6 Å². The number of thioether (sulfide) groups is 1. The molecule has 1 spiro atoms. The molecule has 2 fully saturated rings. The van der Waals surface area contributed by atoms with E-state index < -0.39 is 0 Å². The summed E-state index contributed by atoms with van der Waals surface area (Å²) in [6.07, 6.45) is 9.71. The first-order valence-corrected chi connectivity index (χ1v) is 8.50. The van der Waals surface area contributed by atoms with Gasteiger partial charge in [-0.3, -0.25) is 0 Å². The Hall–Kier alpha value is -0.180. The van der Waals surface area contributed by atoms with Crippen molar-refractivity contribution in [3.8, 4) is 0 Å². The van der Waals surface area contributed by atoms with Crippen molar-refractivity contribution in [2.75, 3.05) is 6.54 Å². The molecule has 0 bridgehead atoms. The first-order valence-electron chi connectivity index (χ1n) is 7.30. The minimum atomic E-state index is 0.266. The van der Waals surface area contributed by atoms with Crippen LogP contribution in [0.3, 0.4) is 0 Å². The summed E-state index contributed by atoms with van der Waals surface area (Å²) in [6, 6.07) is 8.18. The molecule has 0 aliphatic heterocycles. The Morgan fingerprint density at radius 2 is 1.89 bits per heavy atom. The second-order valence-electron chi connectivity index (χ2n) is 6.36. The van der Waals surface area contributed by atoms with Crippen LogP contribution in [0.25, 0.3) is 0 Å². The average molecular weight is 296 g/mol. The molecule has 0 heterocycles. The summed E-state index contributed by atoms with van der Waals surface area (Å²) < 4.78 is 0.266. The molecular formula is C16H22ClNS. The zero-order valence-corrected chi connectivity index (χ0v) is 12.9. The van der Waals surface area contributed by atoms with Crippen LogP contribution in [0.5, 0.6) is 0 Å². The summed E-state index contributed by atoms with van der Waals surface area (Å²) in [5.74, 6) is 0. The summed E-state index contributed by atoms with van der Waals surface area (Å²) >= 11 is 8.03. The van der Waals surface area contributed by atoms with Gasteiger partial charge in [-0.05, 0) is 49.3 Å². The third kappa shape index (κ3) is 2.81. The SMILES string of the molecule is NCC1(Sc2cccc(Cl)c2)CC2(CCCCC2)C1. The average Bonchev–Trinajstić information content (AvgIpc) is 2.38. The van der Waals surface area contributed by atoms with Crippen LogP contribution in [0.15, 0.2) is 29.2 Å². The molecule has 1 aromatic rings. The quantitative estimate of drug-likeness (QED) is 0.860. The van der Waals surface area contributed by atoms with Crippen molar-refractivity contribution in [3.63, 3.8) is 0 Å². The highest BCUT2D eigenvalue weighted by Crippen LogP contribution is 2.62. The van der Waals surface area contributed by atoms with Gasteiger partial charge in [-0.15, -0.1) is 11.8 Å². The first-order chi connectivity index (χ1) is 9.15. The fourth-order valence-corrected chi connectivity index (χ4v) is 5.94. The fraction of sp³-hybridized carbons (Fsp3) is 0.625. The Balaban J connectivity index is 1.69. The lowest BCUT2D eigenvalue weighted by Crippen LogP contribution is -2.54.